The van der Waals surface area contributed by atoms with Crippen molar-refractivity contribution in [2.45, 2.75) is 19.8 Å². The summed E-state index contributed by atoms with van der Waals surface area (Å²) in [6, 6.07) is 6.01. The molecule has 0 saturated carbocycles. The van der Waals surface area contributed by atoms with E-state index in [4.69, 9.17) is 10.5 Å². The summed E-state index contributed by atoms with van der Waals surface area (Å²) in [5, 5.41) is 3.43. The van der Waals surface area contributed by atoms with E-state index in [1.807, 2.05) is 12.1 Å². The number of anilines is 2. The number of para-hydroxylation sites is 1. The molecule has 3 N–H and O–H groups in total. The third-order valence-electron chi connectivity index (χ3n) is 3.18. The summed E-state index contributed by atoms with van der Waals surface area (Å²) < 4.78 is 5.35. The quantitative estimate of drug-likeness (QED) is 0.766. The maximum Gasteiger partial charge on any atom is 0.0603 e. The molecule has 1 aromatic rings. The van der Waals surface area contributed by atoms with Crippen molar-refractivity contribution >= 4 is 11.4 Å². The van der Waals surface area contributed by atoms with Crippen LogP contribution in [0.5, 0.6) is 0 Å². The summed E-state index contributed by atoms with van der Waals surface area (Å²) >= 11 is 0. The maximum absolute atomic E-state index is 5.93. The molecule has 3 nitrogen and oxygen atoms in total. The number of nitrogens with two attached hydrogens (primary N) is 1. The van der Waals surface area contributed by atoms with Crippen LogP contribution >= 0.6 is 0 Å². The average Bonchev–Trinajstić information content (AvgIpc) is 2.75. The molecule has 3 heteroatoms. The van der Waals surface area contributed by atoms with Gasteiger partial charge < -0.3 is 15.8 Å². The van der Waals surface area contributed by atoms with E-state index in [2.05, 4.69) is 18.3 Å². The zero-order chi connectivity index (χ0) is 11.4. The molecule has 0 spiro atoms. The normalized spacial score (nSPS) is 19.9. The lowest BCUT2D eigenvalue weighted by atomic mass is 10.1. The summed E-state index contributed by atoms with van der Waals surface area (Å²) in [4.78, 5) is 0. The van der Waals surface area contributed by atoms with Crippen LogP contribution in [0.15, 0.2) is 18.2 Å². The highest BCUT2D eigenvalue weighted by atomic mass is 16.5. The third kappa shape index (κ3) is 2.67. The Kier molecular flexibility index (Phi) is 3.67. The van der Waals surface area contributed by atoms with E-state index in [0.717, 1.165) is 43.5 Å². The number of nitrogens with one attached hydrogen (secondary N) is 1. The van der Waals surface area contributed by atoms with Crippen molar-refractivity contribution in [2.24, 2.45) is 5.92 Å². The van der Waals surface area contributed by atoms with Crippen LogP contribution in [-0.2, 0) is 4.74 Å². The maximum atomic E-state index is 5.93. The highest BCUT2D eigenvalue weighted by Gasteiger charge is 2.14. The van der Waals surface area contributed by atoms with E-state index < -0.39 is 0 Å². The van der Waals surface area contributed by atoms with Gasteiger partial charge in [0, 0.05) is 19.8 Å². The monoisotopic (exact) mass is 220 g/mol. The van der Waals surface area contributed by atoms with Crippen molar-refractivity contribution < 1.29 is 4.74 Å². The van der Waals surface area contributed by atoms with Gasteiger partial charge in [-0.1, -0.05) is 12.1 Å². The van der Waals surface area contributed by atoms with Gasteiger partial charge in [-0.15, -0.1) is 0 Å². The number of hydrogen-bond acceptors (Lipinski definition) is 3. The van der Waals surface area contributed by atoms with E-state index in [1.54, 1.807) is 0 Å². The molecule has 1 aliphatic rings. The number of benzene rings is 1. The number of hydrogen-bond donors (Lipinski definition) is 2. The summed E-state index contributed by atoms with van der Waals surface area (Å²) in [5.74, 6) is 0.720. The Balaban J connectivity index is 1.84. The van der Waals surface area contributed by atoms with Crippen molar-refractivity contribution in [1.82, 2.24) is 0 Å². The Labute approximate surface area is 97.0 Å². The molecule has 1 saturated heterocycles. The molecule has 88 valence electrons. The SMILES string of the molecule is Cc1cccc(N)c1NCCC1CCOC1. The largest absolute Gasteiger partial charge is 0.397 e. The first-order valence-corrected chi connectivity index (χ1v) is 5.94. The summed E-state index contributed by atoms with van der Waals surface area (Å²) in [7, 11) is 0. The standard InChI is InChI=1S/C13H20N2O/c1-10-3-2-4-12(14)13(10)15-7-5-11-6-8-16-9-11/h2-4,11,15H,5-9,14H2,1H3. The topological polar surface area (TPSA) is 47.3 Å². The molecular formula is C13H20N2O. The van der Waals surface area contributed by atoms with Crippen LogP contribution < -0.4 is 11.1 Å². The Morgan fingerprint density at radius 3 is 3.06 bits per heavy atom. The van der Waals surface area contributed by atoms with E-state index in [0.29, 0.717) is 0 Å². The predicted molar refractivity (Wildman–Crippen MR) is 67.6 cm³/mol. The Bertz CT molecular complexity index is 326. The minimum Gasteiger partial charge on any atom is -0.397 e. The minimum absolute atomic E-state index is 0.720. The Hall–Kier alpha value is -1.22. The fourth-order valence-electron chi connectivity index (χ4n) is 2.14. The molecule has 0 radical (unpaired) electrons. The number of ether oxygens (including phenoxy) is 1. The van der Waals surface area contributed by atoms with Gasteiger partial charge in [-0.3, -0.25) is 0 Å². The number of nitrogen functional groups attached to an aromatic ring is 1. The van der Waals surface area contributed by atoms with Crippen molar-refractivity contribution in [1.29, 1.82) is 0 Å². The molecule has 0 bridgehead atoms. The first-order chi connectivity index (χ1) is 7.77. The van der Waals surface area contributed by atoms with Gasteiger partial charge in [0.1, 0.15) is 0 Å². The van der Waals surface area contributed by atoms with Gasteiger partial charge in [0.15, 0.2) is 0 Å². The van der Waals surface area contributed by atoms with E-state index in [9.17, 15) is 0 Å². The predicted octanol–water partition coefficient (Wildman–Crippen LogP) is 2.42. The lowest BCUT2D eigenvalue weighted by molar-refractivity contribution is 0.185. The van der Waals surface area contributed by atoms with E-state index in [-0.39, 0.29) is 0 Å². The van der Waals surface area contributed by atoms with Crippen molar-refractivity contribution in [3.63, 3.8) is 0 Å². The molecule has 0 aliphatic carbocycles. The lowest BCUT2D eigenvalue weighted by Gasteiger charge is -2.13. The fraction of sp³-hybridized carbons (Fsp3) is 0.538. The van der Waals surface area contributed by atoms with Crippen LogP contribution in [-0.4, -0.2) is 19.8 Å². The van der Waals surface area contributed by atoms with Crippen LogP contribution in [0.25, 0.3) is 0 Å². The highest BCUT2D eigenvalue weighted by molar-refractivity contribution is 5.69. The van der Waals surface area contributed by atoms with Gasteiger partial charge in [0.2, 0.25) is 0 Å². The summed E-state index contributed by atoms with van der Waals surface area (Å²) in [6.07, 6.45) is 2.36. The Morgan fingerprint density at radius 2 is 2.38 bits per heavy atom. The molecule has 1 aliphatic heterocycles. The van der Waals surface area contributed by atoms with Crippen molar-refractivity contribution in [3.05, 3.63) is 23.8 Å². The van der Waals surface area contributed by atoms with E-state index >= 15 is 0 Å². The molecule has 1 heterocycles. The second-order valence-corrected chi connectivity index (χ2v) is 4.48. The second-order valence-electron chi connectivity index (χ2n) is 4.48. The van der Waals surface area contributed by atoms with Gasteiger partial charge in [-0.25, -0.2) is 0 Å². The minimum atomic E-state index is 0.720. The van der Waals surface area contributed by atoms with Crippen LogP contribution in [0.4, 0.5) is 11.4 Å². The second kappa shape index (κ2) is 5.21. The average molecular weight is 220 g/mol. The third-order valence-corrected chi connectivity index (χ3v) is 3.18. The van der Waals surface area contributed by atoms with Crippen molar-refractivity contribution in [2.75, 3.05) is 30.8 Å². The molecule has 1 unspecified atom stereocenters. The zero-order valence-corrected chi connectivity index (χ0v) is 9.83. The van der Waals surface area contributed by atoms with Crippen LogP contribution in [0.2, 0.25) is 0 Å². The molecule has 16 heavy (non-hydrogen) atoms. The molecule has 1 atom stereocenters. The van der Waals surface area contributed by atoms with E-state index in [1.165, 1.54) is 12.0 Å². The van der Waals surface area contributed by atoms with Gasteiger partial charge in [0.05, 0.1) is 11.4 Å². The van der Waals surface area contributed by atoms with Gasteiger partial charge in [0.25, 0.3) is 0 Å². The van der Waals surface area contributed by atoms with Gasteiger partial charge in [-0.2, -0.15) is 0 Å². The summed E-state index contributed by atoms with van der Waals surface area (Å²) in [5.41, 5.74) is 9.06. The smallest absolute Gasteiger partial charge is 0.0603 e. The van der Waals surface area contributed by atoms with Crippen LogP contribution in [0.3, 0.4) is 0 Å². The van der Waals surface area contributed by atoms with Gasteiger partial charge >= 0.3 is 0 Å². The molecule has 0 amide bonds. The first kappa shape index (κ1) is 11.3. The fourth-order valence-corrected chi connectivity index (χ4v) is 2.14. The first-order valence-electron chi connectivity index (χ1n) is 5.94. The zero-order valence-electron chi connectivity index (χ0n) is 9.83. The molecule has 0 aromatic heterocycles. The van der Waals surface area contributed by atoms with Gasteiger partial charge in [-0.05, 0) is 37.3 Å². The molecular weight excluding hydrogens is 200 g/mol. The van der Waals surface area contributed by atoms with Crippen molar-refractivity contribution in [3.8, 4) is 0 Å². The van der Waals surface area contributed by atoms with Crippen LogP contribution in [0.1, 0.15) is 18.4 Å². The number of aryl methyl sites for hydroxylation is 1. The lowest BCUT2D eigenvalue weighted by Crippen LogP contribution is -2.10. The summed E-state index contributed by atoms with van der Waals surface area (Å²) in [6.45, 7) is 4.91. The van der Waals surface area contributed by atoms with Crippen LogP contribution in [0, 0.1) is 12.8 Å². The molecule has 2 rings (SSSR count). The highest BCUT2D eigenvalue weighted by Crippen LogP contribution is 2.23. The Morgan fingerprint density at radius 1 is 1.50 bits per heavy atom. The number of rotatable bonds is 4. The molecule has 1 aromatic carbocycles. The molecule has 1 fully saturated rings.